The van der Waals surface area contributed by atoms with Gasteiger partial charge in [0, 0.05) is 37.2 Å². The van der Waals surface area contributed by atoms with Crippen LogP contribution in [-0.4, -0.2) is 64.1 Å². The van der Waals surface area contributed by atoms with E-state index in [1.807, 2.05) is 6.08 Å². The molecule has 5 rings (SSSR count). The van der Waals surface area contributed by atoms with Crippen LogP contribution in [0.1, 0.15) is 114 Å². The van der Waals surface area contributed by atoms with Crippen molar-refractivity contribution < 1.29 is 31.1 Å². The largest absolute Gasteiger partial charge is 0.444 e. The van der Waals surface area contributed by atoms with E-state index < -0.39 is 51.3 Å². The van der Waals surface area contributed by atoms with Gasteiger partial charge in [-0.3, -0.25) is 9.36 Å². The van der Waals surface area contributed by atoms with Gasteiger partial charge in [0.2, 0.25) is 0 Å². The first-order chi connectivity index (χ1) is 25.0. The number of nitrogens with one attached hydrogen (secondary N) is 1. The highest BCUT2D eigenvalue weighted by Gasteiger charge is 2.37. The summed E-state index contributed by atoms with van der Waals surface area (Å²) in [5, 5.41) is 3.70. The van der Waals surface area contributed by atoms with Crippen LogP contribution in [0.3, 0.4) is 0 Å². The van der Waals surface area contributed by atoms with E-state index in [4.69, 9.17) is 4.74 Å². The quantitative estimate of drug-likeness (QED) is 0.137. The van der Waals surface area contributed by atoms with Crippen LogP contribution in [0, 0.1) is 11.7 Å². The molecule has 14 heteroatoms. The van der Waals surface area contributed by atoms with E-state index in [0.717, 1.165) is 18.9 Å². The Labute approximate surface area is 310 Å². The smallest absolute Gasteiger partial charge is 0.410 e. The molecule has 3 aromatic rings. The number of halogens is 3. The monoisotopic (exact) mass is 759 g/mol. The number of benzene rings is 1. The summed E-state index contributed by atoms with van der Waals surface area (Å²) in [6.07, 6.45) is 6.42. The van der Waals surface area contributed by atoms with Crippen molar-refractivity contribution >= 4 is 32.8 Å². The Balaban J connectivity index is 1.34. The van der Waals surface area contributed by atoms with Crippen molar-refractivity contribution in [3.05, 3.63) is 76.1 Å². The van der Waals surface area contributed by atoms with Crippen molar-refractivity contribution in [2.75, 3.05) is 29.9 Å². The van der Waals surface area contributed by atoms with Gasteiger partial charge in [-0.25, -0.2) is 36.4 Å². The highest BCUT2D eigenvalue weighted by molar-refractivity contribution is 7.91. The molecule has 2 fully saturated rings. The molecule has 0 saturated carbocycles. The second-order valence-corrected chi connectivity index (χ2v) is 17.8. The zero-order valence-electron chi connectivity index (χ0n) is 31.2. The van der Waals surface area contributed by atoms with Gasteiger partial charge in [-0.05, 0) is 97.0 Å². The van der Waals surface area contributed by atoms with Crippen LogP contribution in [0.15, 0.2) is 48.0 Å². The number of carbonyl (C=O) groups is 1. The number of unbranched alkanes of at least 4 members (excludes halogenated alkanes) is 2. The summed E-state index contributed by atoms with van der Waals surface area (Å²) < 4.78 is 78.8. The fourth-order valence-corrected chi connectivity index (χ4v) is 8.77. The summed E-state index contributed by atoms with van der Waals surface area (Å²) >= 11 is 0. The highest BCUT2D eigenvalue weighted by atomic mass is 32.2. The molecule has 2 saturated heterocycles. The van der Waals surface area contributed by atoms with Crippen molar-refractivity contribution in [1.29, 1.82) is 0 Å². The third kappa shape index (κ3) is 9.98. The van der Waals surface area contributed by atoms with Crippen molar-refractivity contribution in [3.63, 3.8) is 0 Å². The molecule has 1 amide bonds. The van der Waals surface area contributed by atoms with E-state index >= 15 is 13.2 Å². The number of allylic oxidation sites excluding steroid dienone is 1. The van der Waals surface area contributed by atoms with Crippen molar-refractivity contribution in [3.8, 4) is 0 Å². The Morgan fingerprint density at radius 2 is 1.81 bits per heavy atom. The standard InChI is InChI=1S/C39H52F3N5O5S/c1-6-7-8-9-19-47-35-31(24-30(36(47)48)28-16-22-53(50,51)23-17-28)34(43-25-44-35)45-26(2)29-11-10-12-32(33(29)40)39(41,42)18-13-27-14-20-46(21-15-27)37(49)52-38(3,4)5/h6,10-12,24-28H,1,7-9,13-23H2,2-5H3,(H,43,44,45)/t26-/m1/s1. The molecule has 10 nitrogen and oxygen atoms in total. The molecule has 1 atom stereocenters. The van der Waals surface area contributed by atoms with E-state index in [1.165, 1.54) is 18.5 Å². The van der Waals surface area contributed by atoms with Gasteiger partial charge in [-0.2, -0.15) is 0 Å². The Kier molecular flexibility index (Phi) is 12.6. The molecular formula is C39H52F3N5O5S. The number of carbonyl (C=O) groups excluding carboxylic acids is 1. The van der Waals surface area contributed by atoms with Gasteiger partial charge in [-0.15, -0.1) is 6.58 Å². The third-order valence-electron chi connectivity index (χ3n) is 10.3. The number of ether oxygens (including phenoxy) is 1. The zero-order valence-corrected chi connectivity index (χ0v) is 32.0. The van der Waals surface area contributed by atoms with E-state index in [1.54, 1.807) is 43.2 Å². The van der Waals surface area contributed by atoms with Crippen LogP contribution < -0.4 is 10.9 Å². The fourth-order valence-electron chi connectivity index (χ4n) is 7.28. The molecule has 0 aliphatic carbocycles. The highest BCUT2D eigenvalue weighted by Crippen LogP contribution is 2.40. The van der Waals surface area contributed by atoms with Crippen LogP contribution in [-0.2, 0) is 27.0 Å². The molecule has 0 radical (unpaired) electrons. The van der Waals surface area contributed by atoms with Crippen LogP contribution in [0.5, 0.6) is 0 Å². The van der Waals surface area contributed by atoms with E-state index in [0.29, 0.717) is 74.2 Å². The van der Waals surface area contributed by atoms with Gasteiger partial charge < -0.3 is 15.0 Å². The number of sulfone groups is 1. The number of anilines is 1. The van der Waals surface area contributed by atoms with Gasteiger partial charge in [0.1, 0.15) is 39.0 Å². The SMILES string of the molecule is C=CCCCCn1c(=O)c(C2CCS(=O)(=O)CC2)cc2c(N[C@H](C)c3cccc(C(F)(F)CCC4CCN(C(=O)OC(C)(C)C)CC4)c3F)ncnc21. The summed E-state index contributed by atoms with van der Waals surface area (Å²) in [7, 11) is -3.16. The van der Waals surface area contributed by atoms with E-state index in [2.05, 4.69) is 21.9 Å². The molecule has 0 spiro atoms. The number of nitrogens with zero attached hydrogens (tertiary/aromatic N) is 4. The summed E-state index contributed by atoms with van der Waals surface area (Å²) in [4.78, 5) is 36.7. The molecule has 0 bridgehead atoms. The third-order valence-corrected chi connectivity index (χ3v) is 12.0. The number of hydrogen-bond donors (Lipinski definition) is 1. The lowest BCUT2D eigenvalue weighted by Crippen LogP contribution is -2.41. The predicted octanol–water partition coefficient (Wildman–Crippen LogP) is 8.27. The summed E-state index contributed by atoms with van der Waals surface area (Å²) in [6.45, 7) is 12.0. The van der Waals surface area contributed by atoms with Crippen molar-refractivity contribution in [2.24, 2.45) is 5.92 Å². The average molecular weight is 760 g/mol. The zero-order chi connectivity index (χ0) is 38.6. The topological polar surface area (TPSA) is 123 Å². The maximum Gasteiger partial charge on any atom is 0.410 e. The molecule has 2 aromatic heterocycles. The lowest BCUT2D eigenvalue weighted by Gasteiger charge is -2.34. The van der Waals surface area contributed by atoms with Gasteiger partial charge in [0.15, 0.2) is 0 Å². The van der Waals surface area contributed by atoms with Gasteiger partial charge in [-0.1, -0.05) is 24.3 Å². The number of aryl methyl sites for hydroxylation is 1. The Morgan fingerprint density at radius 1 is 1.11 bits per heavy atom. The Morgan fingerprint density at radius 3 is 2.47 bits per heavy atom. The van der Waals surface area contributed by atoms with Crippen molar-refractivity contribution in [2.45, 2.75) is 116 Å². The van der Waals surface area contributed by atoms with Crippen LogP contribution in [0.2, 0.25) is 0 Å². The minimum Gasteiger partial charge on any atom is -0.444 e. The molecule has 1 aromatic carbocycles. The van der Waals surface area contributed by atoms with Gasteiger partial charge in [0.05, 0.1) is 28.5 Å². The molecule has 290 valence electrons. The molecule has 4 heterocycles. The predicted molar refractivity (Wildman–Crippen MR) is 201 cm³/mol. The van der Waals surface area contributed by atoms with E-state index in [9.17, 15) is 18.0 Å². The number of alkyl halides is 2. The molecule has 1 N–H and O–H groups in total. The maximum atomic E-state index is 16.1. The second kappa shape index (κ2) is 16.6. The van der Waals surface area contributed by atoms with Gasteiger partial charge in [0.25, 0.3) is 11.5 Å². The van der Waals surface area contributed by atoms with E-state index in [-0.39, 0.29) is 40.9 Å². The first-order valence-electron chi connectivity index (χ1n) is 18.6. The van der Waals surface area contributed by atoms with Crippen LogP contribution in [0.25, 0.3) is 11.0 Å². The summed E-state index contributed by atoms with van der Waals surface area (Å²) in [5.74, 6) is -4.42. The normalized spacial score (nSPS) is 17.8. The Hall–Kier alpha value is -3.94. The number of piperidine rings is 1. The first kappa shape index (κ1) is 40.2. The Bertz CT molecular complexity index is 1940. The molecular weight excluding hydrogens is 708 g/mol. The average Bonchev–Trinajstić information content (AvgIpc) is 3.09. The molecule has 2 aliphatic heterocycles. The summed E-state index contributed by atoms with van der Waals surface area (Å²) in [6, 6.07) is 4.92. The second-order valence-electron chi connectivity index (χ2n) is 15.5. The summed E-state index contributed by atoms with van der Waals surface area (Å²) in [5.41, 5.74) is -0.631. The fraction of sp³-hybridized carbons (Fsp3) is 0.590. The number of pyridine rings is 1. The number of hydrogen-bond acceptors (Lipinski definition) is 8. The maximum absolute atomic E-state index is 16.1. The molecule has 0 unspecified atom stereocenters. The number of aromatic nitrogens is 3. The number of fused-ring (bicyclic) bond motifs is 1. The molecule has 2 aliphatic rings. The minimum atomic E-state index is -3.42. The van der Waals surface area contributed by atoms with Crippen molar-refractivity contribution in [1.82, 2.24) is 19.4 Å². The minimum absolute atomic E-state index is 0.00444. The number of rotatable bonds is 13. The lowest BCUT2D eigenvalue weighted by molar-refractivity contribution is -0.0261. The lowest BCUT2D eigenvalue weighted by atomic mass is 9.89. The van der Waals surface area contributed by atoms with Crippen LogP contribution in [0.4, 0.5) is 23.8 Å². The number of likely N-dealkylation sites (tertiary alicyclic amines) is 1. The van der Waals surface area contributed by atoms with Crippen LogP contribution >= 0.6 is 0 Å². The van der Waals surface area contributed by atoms with Gasteiger partial charge >= 0.3 is 6.09 Å². The first-order valence-corrected chi connectivity index (χ1v) is 20.4. The number of amides is 1. The molecule has 53 heavy (non-hydrogen) atoms.